The number of imide groups is 2. The van der Waals surface area contributed by atoms with Crippen LogP contribution in [0, 0.1) is 5.41 Å². The van der Waals surface area contributed by atoms with Crippen LogP contribution in [0.4, 0.5) is 4.79 Å². The predicted octanol–water partition coefficient (Wildman–Crippen LogP) is 0.253. The van der Waals surface area contributed by atoms with Crippen molar-refractivity contribution in [2.24, 2.45) is 5.41 Å². The third-order valence-corrected chi connectivity index (χ3v) is 3.28. The van der Waals surface area contributed by atoms with Gasteiger partial charge >= 0.3 is 17.8 Å². The minimum absolute atomic E-state index is 0.0115. The first kappa shape index (κ1) is 9.18. The van der Waals surface area contributed by atoms with Crippen LogP contribution >= 0.6 is 0 Å². The molecule has 76 valence electrons. The second kappa shape index (κ2) is 2.56. The minimum atomic E-state index is -0.805. The standard InChI is InChI=1S/C9H12N2O3/c1-3-9(2)4-5(9)11-7(13)6(12)10-8(11)14/h5H,3-4H2,1-2H3,(H,10,12,14). The van der Waals surface area contributed by atoms with Gasteiger partial charge < -0.3 is 0 Å². The molecule has 1 aliphatic heterocycles. The summed E-state index contributed by atoms with van der Waals surface area (Å²) in [5.41, 5.74) is 0.0115. The van der Waals surface area contributed by atoms with Crippen LogP contribution in [0.5, 0.6) is 0 Å². The Labute approximate surface area is 81.4 Å². The van der Waals surface area contributed by atoms with Gasteiger partial charge in [-0.3, -0.25) is 19.8 Å². The van der Waals surface area contributed by atoms with Crippen molar-refractivity contribution in [3.8, 4) is 0 Å². The number of amides is 4. The number of rotatable bonds is 2. The van der Waals surface area contributed by atoms with Crippen LogP contribution in [0.25, 0.3) is 0 Å². The molecule has 0 aromatic heterocycles. The van der Waals surface area contributed by atoms with E-state index in [9.17, 15) is 14.4 Å². The highest BCUT2D eigenvalue weighted by Gasteiger charge is 2.58. The molecule has 1 heterocycles. The van der Waals surface area contributed by atoms with Crippen LogP contribution in [-0.4, -0.2) is 28.8 Å². The van der Waals surface area contributed by atoms with Crippen molar-refractivity contribution < 1.29 is 14.4 Å². The maximum absolute atomic E-state index is 11.3. The molecule has 1 aliphatic carbocycles. The lowest BCUT2D eigenvalue weighted by atomic mass is 10.1. The smallest absolute Gasteiger partial charge is 0.269 e. The molecule has 2 unspecified atom stereocenters. The Morgan fingerprint density at radius 1 is 1.50 bits per heavy atom. The van der Waals surface area contributed by atoms with E-state index in [1.165, 1.54) is 0 Å². The van der Waals surface area contributed by atoms with Crippen LogP contribution in [0.2, 0.25) is 0 Å². The SMILES string of the molecule is CCC1(C)CC1N1C(=O)NC(=O)C1=O. The second-order valence-electron chi connectivity index (χ2n) is 4.16. The van der Waals surface area contributed by atoms with Crippen molar-refractivity contribution in [1.29, 1.82) is 0 Å². The fourth-order valence-corrected chi connectivity index (χ4v) is 1.86. The third kappa shape index (κ3) is 1.05. The Kier molecular flexibility index (Phi) is 1.68. The van der Waals surface area contributed by atoms with Gasteiger partial charge in [-0.15, -0.1) is 0 Å². The van der Waals surface area contributed by atoms with E-state index >= 15 is 0 Å². The molecule has 2 aliphatic rings. The lowest BCUT2D eigenvalue weighted by Gasteiger charge is -2.14. The van der Waals surface area contributed by atoms with Gasteiger partial charge in [0, 0.05) is 6.04 Å². The maximum Gasteiger partial charge on any atom is 0.331 e. The van der Waals surface area contributed by atoms with Gasteiger partial charge in [0.2, 0.25) is 0 Å². The molecule has 2 atom stereocenters. The topological polar surface area (TPSA) is 66.5 Å². The van der Waals surface area contributed by atoms with Crippen LogP contribution in [0.15, 0.2) is 0 Å². The Balaban J connectivity index is 2.18. The van der Waals surface area contributed by atoms with Gasteiger partial charge in [0.25, 0.3) is 0 Å². The van der Waals surface area contributed by atoms with E-state index in [4.69, 9.17) is 0 Å². The molecule has 14 heavy (non-hydrogen) atoms. The van der Waals surface area contributed by atoms with E-state index in [2.05, 4.69) is 0 Å². The molecule has 5 heteroatoms. The summed E-state index contributed by atoms with van der Waals surface area (Å²) < 4.78 is 0. The number of urea groups is 1. The van der Waals surface area contributed by atoms with E-state index < -0.39 is 17.8 Å². The van der Waals surface area contributed by atoms with Gasteiger partial charge in [0.15, 0.2) is 0 Å². The summed E-state index contributed by atoms with van der Waals surface area (Å²) in [5, 5.41) is 2.00. The van der Waals surface area contributed by atoms with Gasteiger partial charge in [0.05, 0.1) is 0 Å². The molecule has 0 aromatic carbocycles. The molecule has 0 radical (unpaired) electrons. The van der Waals surface area contributed by atoms with Crippen molar-refractivity contribution in [2.45, 2.75) is 32.7 Å². The lowest BCUT2D eigenvalue weighted by Crippen LogP contribution is -2.35. The highest BCUT2D eigenvalue weighted by atomic mass is 16.2. The second-order valence-corrected chi connectivity index (χ2v) is 4.16. The molecule has 1 saturated carbocycles. The molecule has 1 saturated heterocycles. The molecule has 2 fully saturated rings. The van der Waals surface area contributed by atoms with E-state index in [0.29, 0.717) is 0 Å². The number of hydrogen-bond donors (Lipinski definition) is 1. The minimum Gasteiger partial charge on any atom is -0.269 e. The normalized spacial score (nSPS) is 36.3. The number of hydrogen-bond acceptors (Lipinski definition) is 3. The molecule has 0 aromatic rings. The molecule has 5 nitrogen and oxygen atoms in total. The van der Waals surface area contributed by atoms with Gasteiger partial charge in [-0.1, -0.05) is 13.8 Å². The van der Waals surface area contributed by atoms with Gasteiger partial charge in [-0.2, -0.15) is 0 Å². The highest BCUT2D eigenvalue weighted by molar-refractivity contribution is 6.45. The summed E-state index contributed by atoms with van der Waals surface area (Å²) >= 11 is 0. The van der Waals surface area contributed by atoms with Gasteiger partial charge in [-0.25, -0.2) is 4.79 Å². The average Bonchev–Trinajstić information content (AvgIpc) is 2.71. The van der Waals surface area contributed by atoms with E-state index in [0.717, 1.165) is 17.7 Å². The van der Waals surface area contributed by atoms with Crippen molar-refractivity contribution in [1.82, 2.24) is 10.2 Å². The Hall–Kier alpha value is -1.39. The van der Waals surface area contributed by atoms with Crippen molar-refractivity contribution in [3.05, 3.63) is 0 Å². The number of nitrogens with zero attached hydrogens (tertiary/aromatic N) is 1. The van der Waals surface area contributed by atoms with E-state index in [1.807, 2.05) is 19.2 Å². The van der Waals surface area contributed by atoms with Crippen LogP contribution in [0.1, 0.15) is 26.7 Å². The molecular weight excluding hydrogens is 184 g/mol. The third-order valence-electron chi connectivity index (χ3n) is 3.28. The summed E-state index contributed by atoms with van der Waals surface area (Å²) in [7, 11) is 0. The Bertz CT molecular complexity index is 339. The molecular formula is C9H12N2O3. The van der Waals surface area contributed by atoms with Crippen molar-refractivity contribution in [2.75, 3.05) is 0 Å². The van der Waals surface area contributed by atoms with Gasteiger partial charge in [-0.05, 0) is 18.3 Å². The number of carbonyl (C=O) groups is 3. The monoisotopic (exact) mass is 196 g/mol. The van der Waals surface area contributed by atoms with Crippen LogP contribution < -0.4 is 5.32 Å². The molecule has 0 spiro atoms. The van der Waals surface area contributed by atoms with Crippen LogP contribution in [-0.2, 0) is 9.59 Å². The van der Waals surface area contributed by atoms with Crippen molar-refractivity contribution in [3.63, 3.8) is 0 Å². The zero-order valence-electron chi connectivity index (χ0n) is 8.16. The Morgan fingerprint density at radius 3 is 2.50 bits per heavy atom. The first-order valence-electron chi connectivity index (χ1n) is 4.68. The Morgan fingerprint density at radius 2 is 2.14 bits per heavy atom. The van der Waals surface area contributed by atoms with E-state index in [-0.39, 0.29) is 11.5 Å². The highest BCUT2D eigenvalue weighted by Crippen LogP contribution is 2.52. The summed E-state index contributed by atoms with van der Waals surface area (Å²) in [6.45, 7) is 4.03. The van der Waals surface area contributed by atoms with Crippen molar-refractivity contribution >= 4 is 17.8 Å². The zero-order valence-corrected chi connectivity index (χ0v) is 8.16. The largest absolute Gasteiger partial charge is 0.331 e. The first-order valence-corrected chi connectivity index (χ1v) is 4.68. The molecule has 2 rings (SSSR count). The van der Waals surface area contributed by atoms with Gasteiger partial charge in [0.1, 0.15) is 0 Å². The molecule has 4 amide bonds. The maximum atomic E-state index is 11.3. The van der Waals surface area contributed by atoms with E-state index in [1.54, 1.807) is 0 Å². The summed E-state index contributed by atoms with van der Waals surface area (Å²) in [4.78, 5) is 34.5. The lowest BCUT2D eigenvalue weighted by molar-refractivity contribution is -0.140. The molecule has 0 bridgehead atoms. The fraction of sp³-hybridized carbons (Fsp3) is 0.667. The number of nitrogens with one attached hydrogen (secondary N) is 1. The summed E-state index contributed by atoms with van der Waals surface area (Å²) in [6, 6.07) is -0.659. The summed E-state index contributed by atoms with van der Waals surface area (Å²) in [6.07, 6.45) is 1.71. The molecule has 1 N–H and O–H groups in total. The average molecular weight is 196 g/mol. The zero-order chi connectivity index (χ0) is 10.5. The fourth-order valence-electron chi connectivity index (χ4n) is 1.86. The quantitative estimate of drug-likeness (QED) is 0.508. The first-order chi connectivity index (χ1) is 6.49. The predicted molar refractivity (Wildman–Crippen MR) is 47.2 cm³/mol. The summed E-state index contributed by atoms with van der Waals surface area (Å²) in [5.74, 6) is -1.52. The van der Waals surface area contributed by atoms with Crippen LogP contribution in [0.3, 0.4) is 0 Å². The number of carbonyl (C=O) groups excluding carboxylic acids is 3.